The molecule has 62 valence electrons. The molecular formula is C6H9ClN2OS. The summed E-state index contributed by atoms with van der Waals surface area (Å²) in [4.78, 5) is 15.2. The zero-order valence-electron chi connectivity index (χ0n) is 6.25. The van der Waals surface area contributed by atoms with Crippen molar-refractivity contribution < 1.29 is 4.79 Å². The Hall–Kier alpha value is -0.610. The second-order valence-electron chi connectivity index (χ2n) is 2.01. The highest BCUT2D eigenvalue weighted by atomic mass is 35.5. The second kappa shape index (κ2) is 3.69. The average Bonchev–Trinajstić information content (AvgIpc) is 2.10. The first-order chi connectivity index (χ1) is 4.61. The smallest absolute Gasteiger partial charge is 0.260 e. The summed E-state index contributed by atoms with van der Waals surface area (Å²) in [5, 5.41) is 0.881. The molecule has 0 aliphatic heterocycles. The van der Waals surface area contributed by atoms with Crippen molar-refractivity contribution in [2.45, 2.75) is 13.8 Å². The fourth-order valence-corrected chi connectivity index (χ4v) is 1.53. The summed E-state index contributed by atoms with van der Waals surface area (Å²) in [5.41, 5.74) is 5.79. The van der Waals surface area contributed by atoms with Crippen LogP contribution >= 0.6 is 23.7 Å². The second-order valence-corrected chi connectivity index (χ2v) is 3.21. The molecule has 1 aromatic heterocycles. The molecule has 1 heterocycles. The number of hydrogen-bond donors (Lipinski definition) is 1. The number of primary amides is 1. The molecule has 2 N–H and O–H groups in total. The Morgan fingerprint density at radius 2 is 2.09 bits per heavy atom. The molecule has 0 radical (unpaired) electrons. The van der Waals surface area contributed by atoms with Crippen molar-refractivity contribution in [1.29, 1.82) is 0 Å². The van der Waals surface area contributed by atoms with E-state index in [-0.39, 0.29) is 18.3 Å². The first kappa shape index (κ1) is 10.4. The summed E-state index contributed by atoms with van der Waals surface area (Å²) in [6.07, 6.45) is 0. The molecule has 0 aromatic carbocycles. The van der Waals surface area contributed by atoms with Gasteiger partial charge in [-0.1, -0.05) is 0 Å². The molecule has 11 heavy (non-hydrogen) atoms. The minimum absolute atomic E-state index is 0. The minimum atomic E-state index is -0.386. The number of nitrogens with two attached hydrogens (primary N) is 1. The Kier molecular flexibility index (Phi) is 3.48. The molecule has 1 aromatic rings. The fraction of sp³-hybridized carbons (Fsp3) is 0.333. The summed E-state index contributed by atoms with van der Waals surface area (Å²) in [6.45, 7) is 3.63. The highest BCUT2D eigenvalue weighted by molar-refractivity contribution is 7.13. The molecule has 0 spiro atoms. The van der Waals surface area contributed by atoms with Crippen molar-refractivity contribution in [3.8, 4) is 0 Å². The molecule has 1 amide bonds. The first-order valence-corrected chi connectivity index (χ1v) is 3.66. The van der Waals surface area contributed by atoms with Gasteiger partial charge >= 0.3 is 0 Å². The molecule has 0 bridgehead atoms. The maximum absolute atomic E-state index is 10.6. The van der Waals surface area contributed by atoms with E-state index in [1.165, 1.54) is 11.3 Å². The van der Waals surface area contributed by atoms with Crippen LogP contribution in [0.25, 0.3) is 0 Å². The SMILES string of the molecule is Cc1nc(C)c(C(N)=O)s1.Cl. The third-order valence-corrected chi connectivity index (χ3v) is 2.21. The number of halogens is 1. The van der Waals surface area contributed by atoms with Crippen molar-refractivity contribution >= 4 is 29.7 Å². The number of aromatic nitrogens is 1. The van der Waals surface area contributed by atoms with Crippen molar-refractivity contribution in [2.24, 2.45) is 5.73 Å². The third-order valence-electron chi connectivity index (χ3n) is 1.13. The standard InChI is InChI=1S/C6H8N2OS.ClH/c1-3-5(6(7)9)10-4(2)8-3;/h1-2H3,(H2,7,9);1H. The van der Waals surface area contributed by atoms with Crippen molar-refractivity contribution in [3.63, 3.8) is 0 Å². The third kappa shape index (κ3) is 2.17. The van der Waals surface area contributed by atoms with Gasteiger partial charge in [-0.3, -0.25) is 4.79 Å². The number of aryl methyl sites for hydroxylation is 2. The average molecular weight is 193 g/mol. The summed E-state index contributed by atoms with van der Waals surface area (Å²) < 4.78 is 0. The van der Waals surface area contributed by atoms with Crippen LogP contribution in [0.3, 0.4) is 0 Å². The number of carbonyl (C=O) groups excluding carboxylic acids is 1. The van der Waals surface area contributed by atoms with E-state index in [1.807, 2.05) is 6.92 Å². The molecule has 3 nitrogen and oxygen atoms in total. The quantitative estimate of drug-likeness (QED) is 0.729. The molecule has 0 atom stereocenters. The Balaban J connectivity index is 0.000001000. The largest absolute Gasteiger partial charge is 0.365 e. The minimum Gasteiger partial charge on any atom is -0.365 e. The first-order valence-electron chi connectivity index (χ1n) is 2.85. The van der Waals surface area contributed by atoms with Gasteiger partial charge in [-0.05, 0) is 13.8 Å². The van der Waals surface area contributed by atoms with Gasteiger partial charge in [-0.25, -0.2) is 4.98 Å². The van der Waals surface area contributed by atoms with Gasteiger partial charge < -0.3 is 5.73 Å². The van der Waals surface area contributed by atoms with Crippen LogP contribution in [0, 0.1) is 13.8 Å². The van der Waals surface area contributed by atoms with Gasteiger partial charge in [-0.15, -0.1) is 23.7 Å². The van der Waals surface area contributed by atoms with Crippen LogP contribution in [0.5, 0.6) is 0 Å². The molecule has 1 rings (SSSR count). The molecule has 5 heteroatoms. The van der Waals surface area contributed by atoms with Crippen LogP contribution in [0.1, 0.15) is 20.4 Å². The van der Waals surface area contributed by atoms with Crippen LogP contribution in [-0.2, 0) is 0 Å². The fourth-order valence-electron chi connectivity index (χ4n) is 0.760. The Bertz CT molecular complexity index is 272. The van der Waals surface area contributed by atoms with Gasteiger partial charge in [0.1, 0.15) is 4.88 Å². The van der Waals surface area contributed by atoms with Gasteiger partial charge in [0.2, 0.25) is 0 Å². The van der Waals surface area contributed by atoms with Crippen LogP contribution in [-0.4, -0.2) is 10.9 Å². The number of hydrogen-bond acceptors (Lipinski definition) is 3. The van der Waals surface area contributed by atoms with Crippen molar-refractivity contribution in [2.75, 3.05) is 0 Å². The zero-order chi connectivity index (χ0) is 7.72. The van der Waals surface area contributed by atoms with Gasteiger partial charge in [0, 0.05) is 0 Å². The van der Waals surface area contributed by atoms with Crippen LogP contribution in [0.15, 0.2) is 0 Å². The van der Waals surface area contributed by atoms with E-state index in [4.69, 9.17) is 5.73 Å². The lowest BCUT2D eigenvalue weighted by Crippen LogP contribution is -2.09. The maximum Gasteiger partial charge on any atom is 0.260 e. The molecular weight excluding hydrogens is 184 g/mol. The molecule has 0 saturated heterocycles. The van der Waals surface area contributed by atoms with E-state index in [1.54, 1.807) is 6.92 Å². The predicted molar refractivity (Wildman–Crippen MR) is 47.4 cm³/mol. The Morgan fingerprint density at radius 1 is 1.55 bits per heavy atom. The monoisotopic (exact) mass is 192 g/mol. The Labute approximate surface area is 75.0 Å². The Morgan fingerprint density at radius 3 is 2.27 bits per heavy atom. The van der Waals surface area contributed by atoms with Gasteiger partial charge in [-0.2, -0.15) is 0 Å². The molecule has 0 aliphatic rings. The summed E-state index contributed by atoms with van der Waals surface area (Å²) in [7, 11) is 0. The lowest BCUT2D eigenvalue weighted by atomic mass is 10.4. The van der Waals surface area contributed by atoms with Gasteiger partial charge in [0.25, 0.3) is 5.91 Å². The van der Waals surface area contributed by atoms with E-state index in [0.29, 0.717) is 4.88 Å². The summed E-state index contributed by atoms with van der Waals surface area (Å²) in [6, 6.07) is 0. The van der Waals surface area contributed by atoms with E-state index >= 15 is 0 Å². The highest BCUT2D eigenvalue weighted by Gasteiger charge is 2.08. The predicted octanol–water partition coefficient (Wildman–Crippen LogP) is 1.28. The lowest BCUT2D eigenvalue weighted by Gasteiger charge is -1.85. The number of nitrogens with zero attached hydrogens (tertiary/aromatic N) is 1. The van der Waals surface area contributed by atoms with E-state index in [2.05, 4.69) is 4.98 Å². The van der Waals surface area contributed by atoms with Crippen molar-refractivity contribution in [1.82, 2.24) is 4.98 Å². The van der Waals surface area contributed by atoms with Crippen molar-refractivity contribution in [3.05, 3.63) is 15.6 Å². The van der Waals surface area contributed by atoms with Crippen LogP contribution in [0.4, 0.5) is 0 Å². The van der Waals surface area contributed by atoms with E-state index < -0.39 is 0 Å². The number of rotatable bonds is 1. The highest BCUT2D eigenvalue weighted by Crippen LogP contribution is 2.15. The summed E-state index contributed by atoms with van der Waals surface area (Å²) in [5.74, 6) is -0.386. The van der Waals surface area contributed by atoms with Gasteiger partial charge in [0.15, 0.2) is 0 Å². The summed E-state index contributed by atoms with van der Waals surface area (Å²) >= 11 is 1.34. The van der Waals surface area contributed by atoms with Crippen LogP contribution in [0.2, 0.25) is 0 Å². The molecule has 0 aliphatic carbocycles. The normalized spacial score (nSPS) is 8.91. The molecule has 0 saturated carbocycles. The van der Waals surface area contributed by atoms with Gasteiger partial charge in [0.05, 0.1) is 10.7 Å². The topological polar surface area (TPSA) is 56.0 Å². The van der Waals surface area contributed by atoms with E-state index in [9.17, 15) is 4.79 Å². The molecule has 0 unspecified atom stereocenters. The zero-order valence-corrected chi connectivity index (χ0v) is 7.88. The van der Waals surface area contributed by atoms with Crippen LogP contribution < -0.4 is 5.73 Å². The lowest BCUT2D eigenvalue weighted by molar-refractivity contribution is 0.100. The number of amides is 1. The molecule has 0 fully saturated rings. The number of carbonyl (C=O) groups is 1. The number of thiazole rings is 1. The maximum atomic E-state index is 10.6. The van der Waals surface area contributed by atoms with E-state index in [0.717, 1.165) is 10.7 Å².